The van der Waals surface area contributed by atoms with Gasteiger partial charge in [0.1, 0.15) is 11.6 Å². The summed E-state index contributed by atoms with van der Waals surface area (Å²) in [5.41, 5.74) is -0.757. The predicted octanol–water partition coefficient (Wildman–Crippen LogP) is 3.04. The number of nitrogens with one attached hydrogen (secondary N) is 1. The molecule has 0 aromatic rings. The first-order valence-corrected chi connectivity index (χ1v) is 7.43. The molecule has 0 rings (SSSR count). The summed E-state index contributed by atoms with van der Waals surface area (Å²) in [5, 5.41) is 11.1. The molecule has 2 N–H and O–H groups in total. The van der Waals surface area contributed by atoms with Gasteiger partial charge in [0.25, 0.3) is 0 Å². The van der Waals surface area contributed by atoms with Gasteiger partial charge < -0.3 is 15.2 Å². The number of ether oxygens (including phenoxy) is 1. The Morgan fingerprint density at radius 2 is 1.86 bits per heavy atom. The standard InChI is InChI=1S/C12H20F3NO4S/c1-11(2,3)20-10(19)16-8(9(17)18)7-21-6-4-5-12(13,14)15/h8H,4-7H2,1-3H3,(H,16,19)(H,17,18). The van der Waals surface area contributed by atoms with Crippen molar-refractivity contribution < 1.29 is 32.6 Å². The number of alkyl carbamates (subject to hydrolysis) is 1. The molecule has 0 bridgehead atoms. The van der Waals surface area contributed by atoms with E-state index in [1.54, 1.807) is 20.8 Å². The molecule has 5 nitrogen and oxygen atoms in total. The molecule has 0 radical (unpaired) electrons. The third-order valence-corrected chi connectivity index (χ3v) is 3.17. The van der Waals surface area contributed by atoms with Gasteiger partial charge in [0, 0.05) is 12.2 Å². The first-order chi connectivity index (χ1) is 9.41. The molecule has 0 saturated heterocycles. The largest absolute Gasteiger partial charge is 0.480 e. The molecule has 0 aliphatic carbocycles. The Hall–Kier alpha value is -1.12. The quantitative estimate of drug-likeness (QED) is 0.701. The van der Waals surface area contributed by atoms with E-state index < -0.39 is 36.3 Å². The fraction of sp³-hybridized carbons (Fsp3) is 0.833. The van der Waals surface area contributed by atoms with Crippen molar-refractivity contribution in [2.45, 2.75) is 51.4 Å². The highest BCUT2D eigenvalue weighted by Gasteiger charge is 2.27. The molecule has 0 saturated carbocycles. The van der Waals surface area contributed by atoms with Gasteiger partial charge in [-0.3, -0.25) is 0 Å². The fourth-order valence-corrected chi connectivity index (χ4v) is 2.18. The molecule has 1 atom stereocenters. The van der Waals surface area contributed by atoms with Crippen LogP contribution in [0, 0.1) is 0 Å². The number of carbonyl (C=O) groups is 2. The summed E-state index contributed by atoms with van der Waals surface area (Å²) in [6.45, 7) is 4.90. The van der Waals surface area contributed by atoms with Crippen LogP contribution < -0.4 is 5.32 Å². The lowest BCUT2D eigenvalue weighted by Gasteiger charge is -2.21. The van der Waals surface area contributed by atoms with Crippen molar-refractivity contribution in [2.75, 3.05) is 11.5 Å². The second-order valence-corrected chi connectivity index (χ2v) is 6.48. The molecular formula is C12H20F3NO4S. The maximum atomic E-state index is 11.9. The number of rotatable bonds is 7. The summed E-state index contributed by atoms with van der Waals surface area (Å²) in [5.74, 6) is -1.12. The highest BCUT2D eigenvalue weighted by atomic mass is 32.2. The van der Waals surface area contributed by atoms with E-state index in [2.05, 4.69) is 5.32 Å². The SMILES string of the molecule is CC(C)(C)OC(=O)NC(CSCCCC(F)(F)F)C(=O)O. The van der Waals surface area contributed by atoms with Gasteiger partial charge in [0.05, 0.1) is 0 Å². The van der Waals surface area contributed by atoms with E-state index >= 15 is 0 Å². The highest BCUT2D eigenvalue weighted by Crippen LogP contribution is 2.22. The number of aliphatic carboxylic acids is 1. The molecule has 0 aliphatic rings. The number of carboxylic acid groups (broad SMARTS) is 1. The molecule has 0 aromatic carbocycles. The van der Waals surface area contributed by atoms with Gasteiger partial charge in [-0.2, -0.15) is 24.9 Å². The average Bonchev–Trinajstić information content (AvgIpc) is 2.22. The van der Waals surface area contributed by atoms with Crippen LogP contribution in [0.5, 0.6) is 0 Å². The fourth-order valence-electron chi connectivity index (χ4n) is 1.20. The van der Waals surface area contributed by atoms with Crippen LogP contribution in [-0.2, 0) is 9.53 Å². The number of hydrogen-bond acceptors (Lipinski definition) is 4. The van der Waals surface area contributed by atoms with Crippen LogP contribution in [0.2, 0.25) is 0 Å². The molecule has 21 heavy (non-hydrogen) atoms. The van der Waals surface area contributed by atoms with Crippen molar-refractivity contribution in [1.82, 2.24) is 5.32 Å². The Balaban J connectivity index is 4.09. The van der Waals surface area contributed by atoms with Crippen LogP contribution in [0.4, 0.5) is 18.0 Å². The Bertz CT molecular complexity index is 355. The van der Waals surface area contributed by atoms with E-state index in [9.17, 15) is 22.8 Å². The minimum absolute atomic E-state index is 0.0214. The Kier molecular flexibility index (Phi) is 7.91. The molecule has 0 heterocycles. The molecule has 9 heteroatoms. The summed E-state index contributed by atoms with van der Waals surface area (Å²) in [6, 6.07) is -1.20. The number of amides is 1. The number of hydrogen-bond donors (Lipinski definition) is 2. The third-order valence-electron chi connectivity index (χ3n) is 2.02. The van der Waals surface area contributed by atoms with E-state index in [4.69, 9.17) is 9.84 Å². The predicted molar refractivity (Wildman–Crippen MR) is 73.4 cm³/mol. The minimum atomic E-state index is -4.21. The van der Waals surface area contributed by atoms with Gasteiger partial charge in [-0.25, -0.2) is 9.59 Å². The number of halogens is 3. The monoisotopic (exact) mass is 331 g/mol. The lowest BCUT2D eigenvalue weighted by atomic mass is 10.2. The number of thioether (sulfide) groups is 1. The zero-order valence-electron chi connectivity index (χ0n) is 12.1. The van der Waals surface area contributed by atoms with Gasteiger partial charge >= 0.3 is 18.2 Å². The van der Waals surface area contributed by atoms with Crippen LogP contribution in [0.15, 0.2) is 0 Å². The van der Waals surface area contributed by atoms with Crippen molar-refractivity contribution in [2.24, 2.45) is 0 Å². The van der Waals surface area contributed by atoms with Crippen molar-refractivity contribution in [3.05, 3.63) is 0 Å². The van der Waals surface area contributed by atoms with Crippen LogP contribution in [0.1, 0.15) is 33.6 Å². The first kappa shape index (κ1) is 19.9. The van der Waals surface area contributed by atoms with Gasteiger partial charge in [-0.1, -0.05) is 0 Å². The Morgan fingerprint density at radius 3 is 2.29 bits per heavy atom. The lowest BCUT2D eigenvalue weighted by molar-refractivity contribution is -0.139. The normalized spacial score (nSPS) is 13.6. The van der Waals surface area contributed by atoms with Crippen LogP contribution >= 0.6 is 11.8 Å². The second kappa shape index (κ2) is 8.35. The number of carboxylic acids is 1. The smallest absolute Gasteiger partial charge is 0.408 e. The number of alkyl halides is 3. The van der Waals surface area contributed by atoms with Crippen molar-refractivity contribution >= 4 is 23.8 Å². The molecule has 0 spiro atoms. The van der Waals surface area contributed by atoms with Gasteiger partial charge in [0.15, 0.2) is 0 Å². The van der Waals surface area contributed by atoms with Crippen molar-refractivity contribution in [1.29, 1.82) is 0 Å². The zero-order valence-corrected chi connectivity index (χ0v) is 12.9. The van der Waals surface area contributed by atoms with E-state index in [1.165, 1.54) is 0 Å². The maximum Gasteiger partial charge on any atom is 0.408 e. The molecule has 0 aliphatic heterocycles. The molecule has 0 aromatic heterocycles. The maximum absolute atomic E-state index is 11.9. The summed E-state index contributed by atoms with van der Waals surface area (Å²) in [4.78, 5) is 22.4. The number of carbonyl (C=O) groups excluding carboxylic acids is 1. The van der Waals surface area contributed by atoms with E-state index in [1.807, 2.05) is 0 Å². The van der Waals surface area contributed by atoms with Gasteiger partial charge in [-0.15, -0.1) is 0 Å². The highest BCUT2D eigenvalue weighted by molar-refractivity contribution is 7.99. The van der Waals surface area contributed by atoms with Gasteiger partial charge in [0.2, 0.25) is 0 Å². The van der Waals surface area contributed by atoms with E-state index in [0.717, 1.165) is 11.8 Å². The van der Waals surface area contributed by atoms with Crippen LogP contribution in [0.25, 0.3) is 0 Å². The Labute approximate surface area is 125 Å². The summed E-state index contributed by atoms with van der Waals surface area (Å²) in [7, 11) is 0. The summed E-state index contributed by atoms with van der Waals surface area (Å²) in [6.07, 6.45) is -6.07. The third kappa shape index (κ3) is 12.3. The molecule has 124 valence electrons. The average molecular weight is 331 g/mol. The lowest BCUT2D eigenvalue weighted by Crippen LogP contribution is -2.45. The second-order valence-electron chi connectivity index (χ2n) is 5.33. The van der Waals surface area contributed by atoms with Gasteiger partial charge in [-0.05, 0) is 32.9 Å². The summed E-state index contributed by atoms with van der Waals surface area (Å²) >= 11 is 1.04. The Morgan fingerprint density at radius 1 is 1.29 bits per heavy atom. The van der Waals surface area contributed by atoms with E-state index in [-0.39, 0.29) is 17.9 Å². The molecule has 1 amide bonds. The minimum Gasteiger partial charge on any atom is -0.480 e. The van der Waals surface area contributed by atoms with E-state index in [0.29, 0.717) is 0 Å². The van der Waals surface area contributed by atoms with Crippen molar-refractivity contribution in [3.63, 3.8) is 0 Å². The topological polar surface area (TPSA) is 75.6 Å². The van der Waals surface area contributed by atoms with Crippen LogP contribution in [-0.4, -0.2) is 46.5 Å². The summed E-state index contributed by atoms with van der Waals surface area (Å²) < 4.78 is 40.7. The molecular weight excluding hydrogens is 311 g/mol. The van der Waals surface area contributed by atoms with Crippen molar-refractivity contribution in [3.8, 4) is 0 Å². The molecule has 1 unspecified atom stereocenters. The van der Waals surface area contributed by atoms with Crippen LogP contribution in [0.3, 0.4) is 0 Å². The first-order valence-electron chi connectivity index (χ1n) is 6.27. The zero-order chi connectivity index (χ0) is 16.7. The molecule has 0 fully saturated rings.